The molecular formula is C34H38NO5+. The maximum Gasteiger partial charge on any atom is 0.231 e. The standard InChI is InChI=1S/C34H37NO5/c1-36-29-14-13-25-19-28-27-21-31-30(39-22-40-31)20-24(27)15-16-35(28)33(23-9-5-6-10-23)32(25)34(29)38-18-8-7-17-37-26-11-3-2-4-12-26/h2-4,11-14,19-21,23,33H,5-10,15-18,22H2,1H3/p+1. The van der Waals surface area contributed by atoms with Gasteiger partial charge in [-0.1, -0.05) is 37.1 Å². The molecular weight excluding hydrogens is 502 g/mol. The van der Waals surface area contributed by atoms with Crippen LogP contribution >= 0.6 is 0 Å². The number of unbranched alkanes of at least 4 members (excludes halogenated alkanes) is 1. The quantitative estimate of drug-likeness (QED) is 0.345. The van der Waals surface area contributed by atoms with Crippen LogP contribution in [-0.2, 0) is 6.42 Å². The summed E-state index contributed by atoms with van der Waals surface area (Å²) in [5, 5.41) is 0. The summed E-state index contributed by atoms with van der Waals surface area (Å²) < 4.78 is 29.9. The van der Waals surface area contributed by atoms with Crippen LogP contribution in [0.2, 0.25) is 0 Å². The first-order valence-electron chi connectivity index (χ1n) is 14.8. The van der Waals surface area contributed by atoms with Gasteiger partial charge in [0.1, 0.15) is 17.5 Å². The molecule has 3 aliphatic heterocycles. The Bertz CT molecular complexity index is 1400. The lowest BCUT2D eigenvalue weighted by molar-refractivity contribution is -0.867. The molecule has 6 heteroatoms. The first kappa shape index (κ1) is 25.3. The number of benzene rings is 3. The van der Waals surface area contributed by atoms with Crippen LogP contribution < -0.4 is 28.6 Å². The molecule has 1 N–H and O–H groups in total. The molecule has 1 saturated carbocycles. The third-order valence-electron chi connectivity index (χ3n) is 8.97. The summed E-state index contributed by atoms with van der Waals surface area (Å²) in [5.41, 5.74) is 6.61. The van der Waals surface area contributed by atoms with Crippen LogP contribution in [0.5, 0.6) is 28.7 Å². The zero-order chi connectivity index (χ0) is 26.9. The van der Waals surface area contributed by atoms with Crippen LogP contribution in [0.15, 0.2) is 54.6 Å². The Balaban J connectivity index is 1.18. The number of hydrogen-bond donors (Lipinski definition) is 1. The van der Waals surface area contributed by atoms with Gasteiger partial charge in [0.2, 0.25) is 6.79 Å². The van der Waals surface area contributed by atoms with Gasteiger partial charge in [-0.3, -0.25) is 4.90 Å². The number of rotatable bonds is 9. The fourth-order valence-corrected chi connectivity index (χ4v) is 7.09. The summed E-state index contributed by atoms with van der Waals surface area (Å²) >= 11 is 0. The van der Waals surface area contributed by atoms with Gasteiger partial charge in [-0.2, -0.15) is 0 Å². The molecule has 3 heterocycles. The van der Waals surface area contributed by atoms with E-state index in [1.807, 2.05) is 30.3 Å². The van der Waals surface area contributed by atoms with Crippen LogP contribution in [0.3, 0.4) is 0 Å². The van der Waals surface area contributed by atoms with E-state index in [-0.39, 0.29) is 0 Å². The molecule has 1 aliphatic carbocycles. The van der Waals surface area contributed by atoms with Crippen molar-refractivity contribution < 1.29 is 28.6 Å². The summed E-state index contributed by atoms with van der Waals surface area (Å²) in [6, 6.07) is 19.1. The third-order valence-corrected chi connectivity index (χ3v) is 8.97. The number of fused-ring (bicyclic) bond motifs is 5. The molecule has 2 unspecified atom stereocenters. The normalized spacial score (nSPS) is 20.8. The van der Waals surface area contributed by atoms with E-state index in [4.69, 9.17) is 23.7 Å². The second kappa shape index (κ2) is 11.1. The molecule has 0 amide bonds. The number of ether oxygens (including phenoxy) is 5. The lowest BCUT2D eigenvalue weighted by Crippen LogP contribution is -3.11. The lowest BCUT2D eigenvalue weighted by atomic mass is 9.80. The van der Waals surface area contributed by atoms with Gasteiger partial charge in [0.05, 0.1) is 32.4 Å². The fourth-order valence-electron chi connectivity index (χ4n) is 7.09. The van der Waals surface area contributed by atoms with Gasteiger partial charge in [0.25, 0.3) is 0 Å². The van der Waals surface area contributed by atoms with Gasteiger partial charge >= 0.3 is 0 Å². The Morgan fingerprint density at radius 2 is 1.68 bits per heavy atom. The highest BCUT2D eigenvalue weighted by Gasteiger charge is 2.45. The number of methoxy groups -OCH3 is 1. The molecule has 0 radical (unpaired) electrons. The van der Waals surface area contributed by atoms with Gasteiger partial charge in [0.15, 0.2) is 23.0 Å². The minimum absolute atomic E-state index is 0.306. The van der Waals surface area contributed by atoms with Crippen LogP contribution in [0.25, 0.3) is 11.8 Å². The van der Waals surface area contributed by atoms with Crippen molar-refractivity contribution in [3.05, 3.63) is 76.9 Å². The minimum atomic E-state index is 0.306. The Kier molecular flexibility index (Phi) is 7.02. The van der Waals surface area contributed by atoms with Crippen molar-refractivity contribution in [2.45, 2.75) is 51.0 Å². The van der Waals surface area contributed by atoms with Gasteiger partial charge < -0.3 is 23.7 Å². The molecule has 3 aromatic rings. The maximum absolute atomic E-state index is 6.62. The highest BCUT2D eigenvalue weighted by Crippen LogP contribution is 2.47. The van der Waals surface area contributed by atoms with Crippen molar-refractivity contribution in [3.8, 4) is 28.7 Å². The Morgan fingerprint density at radius 3 is 2.48 bits per heavy atom. The van der Waals surface area contributed by atoms with Crippen LogP contribution in [0, 0.1) is 5.92 Å². The summed E-state index contributed by atoms with van der Waals surface area (Å²) in [6.45, 7) is 2.69. The molecule has 40 heavy (non-hydrogen) atoms. The van der Waals surface area contributed by atoms with Crippen LogP contribution in [0.1, 0.15) is 66.8 Å². The fraction of sp³-hybridized carbons (Fsp3) is 0.412. The summed E-state index contributed by atoms with van der Waals surface area (Å²) in [5.74, 6) is 5.04. The number of hydrogen-bond acceptors (Lipinski definition) is 5. The van der Waals surface area contributed by atoms with Crippen molar-refractivity contribution in [1.82, 2.24) is 0 Å². The second-order valence-electron chi connectivity index (χ2n) is 11.3. The summed E-state index contributed by atoms with van der Waals surface area (Å²) in [4.78, 5) is 1.56. The van der Waals surface area contributed by atoms with Crippen molar-refractivity contribution in [1.29, 1.82) is 0 Å². The molecule has 6 nitrogen and oxygen atoms in total. The largest absolute Gasteiger partial charge is 0.494 e. The Labute approximate surface area is 236 Å². The predicted octanol–water partition coefficient (Wildman–Crippen LogP) is 5.85. The topological polar surface area (TPSA) is 50.6 Å². The average molecular weight is 541 g/mol. The van der Waals surface area contributed by atoms with E-state index in [1.54, 1.807) is 12.0 Å². The van der Waals surface area contributed by atoms with E-state index in [0.29, 0.717) is 32.0 Å². The highest BCUT2D eigenvalue weighted by atomic mass is 16.7. The van der Waals surface area contributed by atoms with Crippen molar-refractivity contribution in [2.24, 2.45) is 5.92 Å². The first-order valence-corrected chi connectivity index (χ1v) is 14.8. The van der Waals surface area contributed by atoms with Crippen LogP contribution in [-0.4, -0.2) is 33.7 Å². The van der Waals surface area contributed by atoms with Crippen molar-refractivity contribution in [3.63, 3.8) is 0 Å². The zero-order valence-electron chi connectivity index (χ0n) is 23.2. The second-order valence-corrected chi connectivity index (χ2v) is 11.3. The molecule has 3 aromatic carbocycles. The van der Waals surface area contributed by atoms with Gasteiger partial charge in [-0.05, 0) is 67.1 Å². The Hall–Kier alpha value is -3.64. The zero-order valence-corrected chi connectivity index (χ0v) is 23.2. The molecule has 7 rings (SSSR count). The Morgan fingerprint density at radius 1 is 0.900 bits per heavy atom. The molecule has 2 atom stereocenters. The molecule has 0 spiro atoms. The lowest BCUT2D eigenvalue weighted by Gasteiger charge is -2.41. The van der Waals surface area contributed by atoms with Crippen molar-refractivity contribution in [2.75, 3.05) is 33.7 Å². The first-order chi connectivity index (χ1) is 19.8. The monoisotopic (exact) mass is 540 g/mol. The van der Waals surface area contributed by atoms with Crippen molar-refractivity contribution >= 4 is 11.8 Å². The minimum Gasteiger partial charge on any atom is -0.494 e. The summed E-state index contributed by atoms with van der Waals surface area (Å²) in [6.07, 6.45) is 10.4. The van der Waals surface area contributed by atoms with E-state index < -0.39 is 0 Å². The molecule has 0 bridgehead atoms. The van der Waals surface area contributed by atoms with Gasteiger partial charge in [0, 0.05) is 24.0 Å². The predicted molar refractivity (Wildman–Crippen MR) is 154 cm³/mol. The third kappa shape index (κ3) is 4.68. The number of nitrogens with one attached hydrogen (secondary N) is 1. The SMILES string of the molecule is COc1ccc2c(c1OCCCCOc1ccccc1)C(C1CCCC1)[NH+]1CCc3cc4c(cc3C1=C2)OCO4. The highest BCUT2D eigenvalue weighted by molar-refractivity contribution is 5.83. The molecule has 1 fully saturated rings. The molecule has 0 saturated heterocycles. The maximum atomic E-state index is 6.62. The van der Waals surface area contributed by atoms with E-state index in [9.17, 15) is 0 Å². The average Bonchev–Trinajstić information content (AvgIpc) is 3.69. The molecule has 0 aromatic heterocycles. The van der Waals surface area contributed by atoms with Gasteiger partial charge in [-0.15, -0.1) is 0 Å². The summed E-state index contributed by atoms with van der Waals surface area (Å²) in [7, 11) is 1.75. The van der Waals surface area contributed by atoms with E-state index in [0.717, 1.165) is 54.6 Å². The molecule has 4 aliphatic rings. The van der Waals surface area contributed by atoms with Gasteiger partial charge in [-0.25, -0.2) is 0 Å². The molecule has 208 valence electrons. The smallest absolute Gasteiger partial charge is 0.231 e. The van der Waals surface area contributed by atoms with E-state index >= 15 is 0 Å². The number of quaternary nitrogens is 1. The van der Waals surface area contributed by atoms with E-state index in [2.05, 4.69) is 30.3 Å². The number of para-hydroxylation sites is 1. The van der Waals surface area contributed by atoms with E-state index in [1.165, 1.54) is 53.6 Å². The van der Waals surface area contributed by atoms with Crippen LogP contribution in [0.4, 0.5) is 0 Å².